The lowest BCUT2D eigenvalue weighted by molar-refractivity contribution is 0.0784. The molecule has 0 bridgehead atoms. The molecule has 30 heavy (non-hydrogen) atoms. The van der Waals surface area contributed by atoms with Gasteiger partial charge in [-0.15, -0.1) is 0 Å². The highest BCUT2D eigenvalue weighted by Crippen LogP contribution is 2.33. The Hall–Kier alpha value is -2.64. The van der Waals surface area contributed by atoms with Crippen LogP contribution in [0.5, 0.6) is 11.5 Å². The molecule has 2 aromatic rings. The van der Waals surface area contributed by atoms with Crippen LogP contribution in [0.15, 0.2) is 36.5 Å². The minimum absolute atomic E-state index is 0.0375. The van der Waals surface area contributed by atoms with E-state index < -0.39 is 0 Å². The largest absolute Gasteiger partial charge is 0.454 e. The molecule has 2 aliphatic heterocycles. The number of piperidine rings is 1. The Labute approximate surface area is 178 Å². The Kier molecular flexibility index (Phi) is 6.50. The molecule has 3 heterocycles. The summed E-state index contributed by atoms with van der Waals surface area (Å²) in [6.45, 7) is 5.11. The van der Waals surface area contributed by atoms with Gasteiger partial charge in [0.15, 0.2) is 11.5 Å². The number of carbonyl (C=O) groups excluding carboxylic acids is 1. The van der Waals surface area contributed by atoms with Crippen LogP contribution in [0, 0.1) is 0 Å². The van der Waals surface area contributed by atoms with Crippen molar-refractivity contribution in [2.24, 2.45) is 0 Å². The quantitative estimate of drug-likeness (QED) is 0.757. The van der Waals surface area contributed by atoms with Gasteiger partial charge >= 0.3 is 0 Å². The van der Waals surface area contributed by atoms with E-state index in [4.69, 9.17) is 9.47 Å². The molecule has 0 aliphatic carbocycles. The van der Waals surface area contributed by atoms with Gasteiger partial charge in [-0.3, -0.25) is 9.78 Å². The standard InChI is InChI=1S/C23H30N4O3/c1-24-9-12-27-10-6-18(7-11-27)20-13-17(5-8-25-20)15-26(2)23(28)19-3-4-21-22(14-19)30-16-29-21/h3-5,8,13-14,18,24H,6-7,9-12,15-16H2,1-2H3. The summed E-state index contributed by atoms with van der Waals surface area (Å²) in [7, 11) is 3.82. The van der Waals surface area contributed by atoms with Gasteiger partial charge in [-0.2, -0.15) is 0 Å². The highest BCUT2D eigenvalue weighted by molar-refractivity contribution is 5.94. The fraction of sp³-hybridized carbons (Fsp3) is 0.478. The molecular weight excluding hydrogens is 380 g/mol. The van der Waals surface area contributed by atoms with E-state index in [9.17, 15) is 4.79 Å². The van der Waals surface area contributed by atoms with Crippen LogP contribution >= 0.6 is 0 Å². The second-order valence-corrected chi connectivity index (χ2v) is 8.04. The van der Waals surface area contributed by atoms with Crippen molar-refractivity contribution in [1.29, 1.82) is 0 Å². The molecule has 7 heteroatoms. The number of ether oxygens (including phenoxy) is 2. The number of fused-ring (bicyclic) bond motifs is 1. The summed E-state index contributed by atoms with van der Waals surface area (Å²) in [6, 6.07) is 9.48. The average molecular weight is 411 g/mol. The van der Waals surface area contributed by atoms with Crippen LogP contribution < -0.4 is 14.8 Å². The van der Waals surface area contributed by atoms with E-state index >= 15 is 0 Å². The molecular formula is C23H30N4O3. The number of hydrogen-bond donors (Lipinski definition) is 1. The van der Waals surface area contributed by atoms with Crippen LogP contribution in [0.1, 0.15) is 40.4 Å². The number of likely N-dealkylation sites (N-methyl/N-ethyl adjacent to an activating group) is 1. The predicted octanol–water partition coefficient (Wildman–Crippen LogP) is 2.48. The Morgan fingerprint density at radius 2 is 2.00 bits per heavy atom. The zero-order chi connectivity index (χ0) is 20.9. The van der Waals surface area contributed by atoms with Crippen molar-refractivity contribution in [1.82, 2.24) is 20.1 Å². The van der Waals surface area contributed by atoms with Gasteiger partial charge in [0.2, 0.25) is 6.79 Å². The first-order valence-corrected chi connectivity index (χ1v) is 10.6. The number of hydrogen-bond acceptors (Lipinski definition) is 6. The maximum atomic E-state index is 12.9. The summed E-state index contributed by atoms with van der Waals surface area (Å²) in [5, 5.41) is 3.22. The van der Waals surface area contributed by atoms with Crippen LogP contribution in [0.4, 0.5) is 0 Å². The van der Waals surface area contributed by atoms with Crippen LogP contribution in [0.3, 0.4) is 0 Å². The number of pyridine rings is 1. The number of benzene rings is 1. The highest BCUT2D eigenvalue weighted by atomic mass is 16.7. The molecule has 1 aromatic carbocycles. The van der Waals surface area contributed by atoms with Gasteiger partial charge < -0.3 is 24.6 Å². The fourth-order valence-corrected chi connectivity index (χ4v) is 4.13. The molecule has 0 unspecified atom stereocenters. The highest BCUT2D eigenvalue weighted by Gasteiger charge is 2.22. The first-order valence-electron chi connectivity index (χ1n) is 10.6. The topological polar surface area (TPSA) is 66.9 Å². The third kappa shape index (κ3) is 4.74. The Balaban J connectivity index is 1.36. The summed E-state index contributed by atoms with van der Waals surface area (Å²) in [6.07, 6.45) is 4.13. The molecule has 0 spiro atoms. The number of nitrogens with zero attached hydrogens (tertiary/aromatic N) is 3. The Bertz CT molecular complexity index is 881. The molecule has 1 aromatic heterocycles. The summed E-state index contributed by atoms with van der Waals surface area (Å²) in [5.74, 6) is 1.77. The predicted molar refractivity (Wildman–Crippen MR) is 115 cm³/mol. The molecule has 4 rings (SSSR count). The molecule has 7 nitrogen and oxygen atoms in total. The molecule has 1 N–H and O–H groups in total. The van der Waals surface area contributed by atoms with E-state index in [0.29, 0.717) is 29.5 Å². The van der Waals surface area contributed by atoms with E-state index in [0.717, 1.165) is 50.3 Å². The van der Waals surface area contributed by atoms with Gasteiger partial charge in [-0.05, 0) is 68.9 Å². The maximum Gasteiger partial charge on any atom is 0.254 e. The minimum Gasteiger partial charge on any atom is -0.454 e. The van der Waals surface area contributed by atoms with Crippen LogP contribution in [0.25, 0.3) is 0 Å². The molecule has 160 valence electrons. The van der Waals surface area contributed by atoms with Crippen LogP contribution in [-0.2, 0) is 6.54 Å². The van der Waals surface area contributed by atoms with Crippen molar-refractivity contribution in [2.75, 3.05) is 47.1 Å². The van der Waals surface area contributed by atoms with E-state index in [2.05, 4.69) is 21.3 Å². The first kappa shape index (κ1) is 20.6. The zero-order valence-corrected chi connectivity index (χ0v) is 17.8. The van der Waals surface area contributed by atoms with Gasteiger partial charge in [-0.25, -0.2) is 0 Å². The Morgan fingerprint density at radius 1 is 1.20 bits per heavy atom. The molecule has 2 aliphatic rings. The first-order chi connectivity index (χ1) is 14.6. The van der Waals surface area contributed by atoms with Crippen LogP contribution in [0.2, 0.25) is 0 Å². The van der Waals surface area contributed by atoms with Crippen LogP contribution in [-0.4, -0.2) is 67.8 Å². The van der Waals surface area contributed by atoms with Gasteiger partial charge in [0.25, 0.3) is 5.91 Å². The van der Waals surface area contributed by atoms with Crippen molar-refractivity contribution in [3.8, 4) is 11.5 Å². The Morgan fingerprint density at radius 3 is 2.80 bits per heavy atom. The molecule has 0 atom stereocenters. The molecule has 0 radical (unpaired) electrons. The van der Waals surface area contributed by atoms with Crippen molar-refractivity contribution < 1.29 is 14.3 Å². The van der Waals surface area contributed by atoms with Crippen molar-refractivity contribution >= 4 is 5.91 Å². The van der Waals surface area contributed by atoms with Crippen molar-refractivity contribution in [3.63, 3.8) is 0 Å². The normalized spacial score (nSPS) is 16.6. The van der Waals surface area contributed by atoms with Crippen molar-refractivity contribution in [3.05, 3.63) is 53.3 Å². The number of aromatic nitrogens is 1. The lowest BCUT2D eigenvalue weighted by Gasteiger charge is -2.31. The van der Waals surface area contributed by atoms with E-state index in [1.54, 1.807) is 23.1 Å². The van der Waals surface area contributed by atoms with Crippen molar-refractivity contribution in [2.45, 2.75) is 25.3 Å². The average Bonchev–Trinajstić information content (AvgIpc) is 3.25. The number of likely N-dealkylation sites (tertiary alicyclic amines) is 1. The maximum absolute atomic E-state index is 12.9. The third-order valence-electron chi connectivity index (χ3n) is 5.92. The summed E-state index contributed by atoms with van der Waals surface area (Å²) in [5.41, 5.74) is 2.85. The molecule has 1 fully saturated rings. The molecule has 1 saturated heterocycles. The van der Waals surface area contributed by atoms with Gasteiger partial charge in [0.05, 0.1) is 0 Å². The lowest BCUT2D eigenvalue weighted by Crippen LogP contribution is -2.37. The fourth-order valence-electron chi connectivity index (χ4n) is 4.13. The summed E-state index contributed by atoms with van der Waals surface area (Å²) in [4.78, 5) is 21.7. The summed E-state index contributed by atoms with van der Waals surface area (Å²) >= 11 is 0. The number of rotatable bonds is 7. The SMILES string of the molecule is CNCCN1CCC(c2cc(CN(C)C(=O)c3ccc4c(c3)OCO4)ccn2)CC1. The molecule has 0 saturated carbocycles. The minimum atomic E-state index is -0.0375. The van der Waals surface area contributed by atoms with Gasteiger partial charge in [0, 0.05) is 50.1 Å². The van der Waals surface area contributed by atoms with E-state index in [1.165, 1.54) is 0 Å². The monoisotopic (exact) mass is 410 g/mol. The molecule has 1 amide bonds. The lowest BCUT2D eigenvalue weighted by atomic mass is 9.92. The second kappa shape index (κ2) is 9.45. The number of carbonyl (C=O) groups is 1. The smallest absolute Gasteiger partial charge is 0.254 e. The van der Waals surface area contributed by atoms with Gasteiger partial charge in [-0.1, -0.05) is 0 Å². The van der Waals surface area contributed by atoms with Gasteiger partial charge in [0.1, 0.15) is 0 Å². The second-order valence-electron chi connectivity index (χ2n) is 8.04. The number of amides is 1. The van der Waals surface area contributed by atoms with E-state index in [1.807, 2.05) is 26.4 Å². The third-order valence-corrected chi connectivity index (χ3v) is 5.92. The zero-order valence-electron chi connectivity index (χ0n) is 17.8. The summed E-state index contributed by atoms with van der Waals surface area (Å²) < 4.78 is 10.7. The van der Waals surface area contributed by atoms with E-state index in [-0.39, 0.29) is 12.7 Å². The number of nitrogens with one attached hydrogen (secondary N) is 1.